The number of amides is 1. The van der Waals surface area contributed by atoms with E-state index in [1.807, 2.05) is 45.9 Å². The van der Waals surface area contributed by atoms with Crippen molar-refractivity contribution >= 4 is 28.6 Å². The van der Waals surface area contributed by atoms with Crippen LogP contribution in [0.3, 0.4) is 0 Å². The lowest BCUT2D eigenvalue weighted by atomic mass is 10.1. The molecule has 3 rings (SSSR count). The van der Waals surface area contributed by atoms with Crippen molar-refractivity contribution in [2.45, 2.75) is 33.7 Å². The van der Waals surface area contributed by atoms with E-state index in [-0.39, 0.29) is 18.2 Å². The number of rotatable bonds is 5. The molecule has 2 heterocycles. The van der Waals surface area contributed by atoms with Crippen LogP contribution >= 0.6 is 0 Å². The lowest BCUT2D eigenvalue weighted by molar-refractivity contribution is -0.119. The predicted octanol–water partition coefficient (Wildman–Crippen LogP) is 3.42. The molecular weight excluding hydrogens is 344 g/mol. The normalized spacial score (nSPS) is 11.0. The van der Waals surface area contributed by atoms with Crippen LogP contribution in [-0.2, 0) is 9.53 Å². The summed E-state index contributed by atoms with van der Waals surface area (Å²) in [6, 6.07) is 7.48. The molecule has 0 fully saturated rings. The van der Waals surface area contributed by atoms with Gasteiger partial charge in [0.2, 0.25) is 0 Å². The molecule has 0 bridgehead atoms. The fourth-order valence-corrected chi connectivity index (χ4v) is 2.72. The van der Waals surface area contributed by atoms with Crippen LogP contribution in [0.15, 0.2) is 36.7 Å². The van der Waals surface area contributed by atoms with E-state index in [4.69, 9.17) is 4.74 Å². The predicted molar refractivity (Wildman–Crippen MR) is 103 cm³/mol. The maximum Gasteiger partial charge on any atom is 0.340 e. The number of esters is 1. The molecule has 7 nitrogen and oxygen atoms in total. The van der Waals surface area contributed by atoms with E-state index in [0.717, 1.165) is 16.5 Å². The molecule has 0 aliphatic carbocycles. The van der Waals surface area contributed by atoms with Crippen molar-refractivity contribution in [1.29, 1.82) is 0 Å². The van der Waals surface area contributed by atoms with Gasteiger partial charge in [0, 0.05) is 23.3 Å². The summed E-state index contributed by atoms with van der Waals surface area (Å²) in [4.78, 5) is 28.6. The van der Waals surface area contributed by atoms with Gasteiger partial charge in [-0.1, -0.05) is 12.1 Å². The molecule has 0 aliphatic rings. The number of aromatic nitrogens is 3. The first-order chi connectivity index (χ1) is 12.9. The molecule has 0 saturated heterocycles. The molecule has 2 aromatic heterocycles. The second-order valence-corrected chi connectivity index (χ2v) is 6.69. The van der Waals surface area contributed by atoms with E-state index in [9.17, 15) is 9.59 Å². The molecule has 0 aliphatic heterocycles. The second kappa shape index (κ2) is 7.57. The summed E-state index contributed by atoms with van der Waals surface area (Å²) in [6.45, 7) is 7.54. The van der Waals surface area contributed by atoms with Crippen LogP contribution < -0.4 is 5.32 Å². The van der Waals surface area contributed by atoms with Gasteiger partial charge in [-0.25, -0.2) is 14.5 Å². The topological polar surface area (TPSA) is 86.1 Å². The van der Waals surface area contributed by atoms with E-state index in [1.165, 1.54) is 6.20 Å². The number of nitrogens with zero attached hydrogens (tertiary/aromatic N) is 3. The first-order valence-corrected chi connectivity index (χ1v) is 8.73. The first kappa shape index (κ1) is 18.6. The number of aryl methyl sites for hydroxylation is 1. The van der Waals surface area contributed by atoms with Crippen molar-refractivity contribution in [3.8, 4) is 0 Å². The van der Waals surface area contributed by atoms with Gasteiger partial charge >= 0.3 is 5.97 Å². The first-order valence-electron chi connectivity index (χ1n) is 8.73. The van der Waals surface area contributed by atoms with Gasteiger partial charge in [0.05, 0.1) is 11.8 Å². The quantitative estimate of drug-likeness (QED) is 0.699. The van der Waals surface area contributed by atoms with Crippen molar-refractivity contribution < 1.29 is 14.3 Å². The van der Waals surface area contributed by atoms with Crippen LogP contribution in [0.2, 0.25) is 0 Å². The third-order valence-electron chi connectivity index (χ3n) is 4.37. The van der Waals surface area contributed by atoms with Crippen LogP contribution in [0.1, 0.15) is 41.4 Å². The number of pyridine rings is 1. The van der Waals surface area contributed by atoms with Crippen molar-refractivity contribution in [3.05, 3.63) is 53.3 Å². The van der Waals surface area contributed by atoms with Crippen LogP contribution in [0, 0.1) is 13.8 Å². The van der Waals surface area contributed by atoms with Gasteiger partial charge in [-0.2, -0.15) is 5.10 Å². The van der Waals surface area contributed by atoms with E-state index in [0.29, 0.717) is 11.3 Å². The Morgan fingerprint density at radius 3 is 2.74 bits per heavy atom. The lowest BCUT2D eigenvalue weighted by Crippen LogP contribution is -2.21. The number of nitrogens with one attached hydrogen (secondary N) is 1. The van der Waals surface area contributed by atoms with Gasteiger partial charge in [0.15, 0.2) is 12.3 Å². The van der Waals surface area contributed by atoms with Gasteiger partial charge in [0.25, 0.3) is 5.91 Å². The Balaban J connectivity index is 1.64. The highest BCUT2D eigenvalue weighted by atomic mass is 16.5. The summed E-state index contributed by atoms with van der Waals surface area (Å²) in [6.07, 6.45) is 3.10. The molecule has 0 radical (unpaired) electrons. The molecule has 0 saturated carbocycles. The minimum atomic E-state index is -0.599. The van der Waals surface area contributed by atoms with Gasteiger partial charge in [0.1, 0.15) is 0 Å². The smallest absolute Gasteiger partial charge is 0.340 e. The molecule has 1 aromatic carbocycles. The van der Waals surface area contributed by atoms with Gasteiger partial charge in [-0.15, -0.1) is 0 Å². The Labute approximate surface area is 157 Å². The SMILES string of the molecule is Cc1cccc(NC(=O)COC(=O)c2cnc3c(cnn3C(C)C)c2)c1C. The zero-order valence-corrected chi connectivity index (χ0v) is 15.8. The van der Waals surface area contributed by atoms with Crippen LogP contribution in [0.25, 0.3) is 11.0 Å². The van der Waals surface area contributed by atoms with Crippen LogP contribution in [0.5, 0.6) is 0 Å². The van der Waals surface area contributed by atoms with Crippen LogP contribution in [0.4, 0.5) is 5.69 Å². The summed E-state index contributed by atoms with van der Waals surface area (Å²) >= 11 is 0. The molecule has 0 atom stereocenters. The van der Waals surface area contributed by atoms with Gasteiger partial charge in [-0.05, 0) is 51.0 Å². The molecule has 1 amide bonds. The maximum absolute atomic E-state index is 12.2. The van der Waals surface area contributed by atoms with Crippen molar-refractivity contribution in [3.63, 3.8) is 0 Å². The number of carbonyl (C=O) groups is 2. The monoisotopic (exact) mass is 366 g/mol. The fraction of sp³-hybridized carbons (Fsp3) is 0.300. The van der Waals surface area contributed by atoms with Crippen LogP contribution in [-0.4, -0.2) is 33.2 Å². The molecule has 0 spiro atoms. The van der Waals surface area contributed by atoms with Crippen molar-refractivity contribution in [1.82, 2.24) is 14.8 Å². The van der Waals surface area contributed by atoms with E-state index >= 15 is 0 Å². The lowest BCUT2D eigenvalue weighted by Gasteiger charge is -2.10. The average molecular weight is 366 g/mol. The maximum atomic E-state index is 12.2. The second-order valence-electron chi connectivity index (χ2n) is 6.69. The summed E-state index contributed by atoms with van der Waals surface area (Å²) in [5, 5.41) is 7.78. The number of hydrogen-bond acceptors (Lipinski definition) is 5. The Hall–Kier alpha value is -3.22. The van der Waals surface area contributed by atoms with Crippen molar-refractivity contribution in [2.75, 3.05) is 11.9 Å². The molecule has 1 N–H and O–H groups in total. The zero-order valence-electron chi connectivity index (χ0n) is 15.8. The minimum Gasteiger partial charge on any atom is -0.452 e. The highest BCUT2D eigenvalue weighted by molar-refractivity contribution is 5.97. The summed E-state index contributed by atoms with van der Waals surface area (Å²) in [5.74, 6) is -0.989. The zero-order chi connectivity index (χ0) is 19.6. The number of hydrogen-bond donors (Lipinski definition) is 1. The Bertz CT molecular complexity index is 1010. The number of benzene rings is 1. The number of ether oxygens (including phenoxy) is 1. The van der Waals surface area contributed by atoms with E-state index in [1.54, 1.807) is 16.9 Å². The number of carbonyl (C=O) groups excluding carboxylic acids is 2. The van der Waals surface area contributed by atoms with Gasteiger partial charge in [-0.3, -0.25) is 4.79 Å². The third-order valence-corrected chi connectivity index (χ3v) is 4.37. The molecule has 0 unspecified atom stereocenters. The number of anilines is 1. The van der Waals surface area contributed by atoms with Gasteiger partial charge < -0.3 is 10.1 Å². The van der Waals surface area contributed by atoms with E-state index in [2.05, 4.69) is 15.4 Å². The molecule has 7 heteroatoms. The Kier molecular flexibility index (Phi) is 5.21. The third kappa shape index (κ3) is 3.97. The average Bonchev–Trinajstić information content (AvgIpc) is 3.07. The molecule has 140 valence electrons. The Morgan fingerprint density at radius 2 is 2.00 bits per heavy atom. The standard InChI is InChI=1S/C20H22N4O3/c1-12(2)24-19-15(10-22-24)8-16(9-21-19)20(26)27-11-18(25)23-17-7-5-6-13(3)14(17)4/h5-10,12H,11H2,1-4H3,(H,23,25). The summed E-state index contributed by atoms with van der Waals surface area (Å²) in [7, 11) is 0. The minimum absolute atomic E-state index is 0.168. The molecule has 3 aromatic rings. The largest absolute Gasteiger partial charge is 0.452 e. The highest BCUT2D eigenvalue weighted by Gasteiger charge is 2.14. The molecular formula is C20H22N4O3. The van der Waals surface area contributed by atoms with E-state index < -0.39 is 11.9 Å². The fourth-order valence-electron chi connectivity index (χ4n) is 2.72. The summed E-state index contributed by atoms with van der Waals surface area (Å²) in [5.41, 5.74) is 3.75. The van der Waals surface area contributed by atoms with Crippen molar-refractivity contribution in [2.24, 2.45) is 0 Å². The molecule has 27 heavy (non-hydrogen) atoms. The Morgan fingerprint density at radius 1 is 1.22 bits per heavy atom. The number of fused-ring (bicyclic) bond motifs is 1. The highest BCUT2D eigenvalue weighted by Crippen LogP contribution is 2.19. The summed E-state index contributed by atoms with van der Waals surface area (Å²) < 4.78 is 6.90.